The van der Waals surface area contributed by atoms with Crippen LogP contribution in [0.2, 0.25) is 0 Å². The average Bonchev–Trinajstić information content (AvgIpc) is 3.09. The number of halogens is 2. The summed E-state index contributed by atoms with van der Waals surface area (Å²) >= 11 is 0. The van der Waals surface area contributed by atoms with E-state index in [4.69, 9.17) is 0 Å². The van der Waals surface area contributed by atoms with Crippen LogP contribution in [-0.2, 0) is 14.4 Å². The second kappa shape index (κ2) is 9.30. The maximum atomic E-state index is 14.4. The summed E-state index contributed by atoms with van der Waals surface area (Å²) in [6.07, 6.45) is 2.91. The Kier molecular flexibility index (Phi) is 6.80. The predicted molar refractivity (Wildman–Crippen MR) is 99.6 cm³/mol. The molecule has 2 fully saturated rings. The number of carbonyl (C=O) groups is 3. The third kappa shape index (κ3) is 4.97. The van der Waals surface area contributed by atoms with Crippen molar-refractivity contribution >= 4 is 17.7 Å². The normalized spacial score (nSPS) is 21.8. The maximum Gasteiger partial charge on any atom is 0.239 e. The molecule has 1 saturated heterocycles. The molecule has 1 saturated carbocycles. The van der Waals surface area contributed by atoms with Gasteiger partial charge in [-0.3, -0.25) is 14.4 Å². The molecule has 154 valence electrons. The number of hydrogen-bond donors (Lipinski definition) is 2. The van der Waals surface area contributed by atoms with Gasteiger partial charge in [-0.2, -0.15) is 0 Å². The Balaban J connectivity index is 1.39. The van der Waals surface area contributed by atoms with Crippen molar-refractivity contribution in [2.45, 2.75) is 57.5 Å². The smallest absolute Gasteiger partial charge is 0.239 e. The topological polar surface area (TPSA) is 78.5 Å². The van der Waals surface area contributed by atoms with Crippen LogP contribution in [0.4, 0.5) is 8.78 Å². The summed E-state index contributed by atoms with van der Waals surface area (Å²) < 4.78 is 28.4. The standard InChI is InChI=1S/C20H27F2N3O3/c21-16-10-13-4-3-5-14(16)20(22)15(13)11-23-18(27)12-24-17(26)6-7-19(28)25-8-1-2-9-25/h16H,1-12H2,(H,23,27)(H,24,26). The van der Waals surface area contributed by atoms with E-state index in [0.29, 0.717) is 18.4 Å². The molecule has 1 unspecified atom stereocenters. The number of fused-ring (bicyclic) bond motifs is 4. The first-order valence-corrected chi connectivity index (χ1v) is 10.0. The zero-order valence-corrected chi connectivity index (χ0v) is 16.0. The molecule has 0 radical (unpaired) electrons. The Morgan fingerprint density at radius 1 is 1.00 bits per heavy atom. The number of alkyl halides is 1. The lowest BCUT2D eigenvalue weighted by atomic mass is 9.91. The molecule has 3 aliphatic carbocycles. The van der Waals surface area contributed by atoms with E-state index in [0.717, 1.165) is 37.9 Å². The molecule has 8 heteroatoms. The molecule has 28 heavy (non-hydrogen) atoms. The first-order valence-electron chi connectivity index (χ1n) is 10.0. The lowest BCUT2D eigenvalue weighted by Gasteiger charge is -2.21. The van der Waals surface area contributed by atoms with E-state index in [1.165, 1.54) is 0 Å². The summed E-state index contributed by atoms with van der Waals surface area (Å²) in [4.78, 5) is 37.5. The Morgan fingerprint density at radius 2 is 1.75 bits per heavy atom. The van der Waals surface area contributed by atoms with Crippen LogP contribution >= 0.6 is 0 Å². The molecular weight excluding hydrogens is 368 g/mol. The number of nitrogens with one attached hydrogen (secondary N) is 2. The van der Waals surface area contributed by atoms with E-state index in [2.05, 4.69) is 10.6 Å². The van der Waals surface area contributed by atoms with Gasteiger partial charge in [-0.25, -0.2) is 8.78 Å². The lowest BCUT2D eigenvalue weighted by Crippen LogP contribution is -2.38. The minimum absolute atomic E-state index is 0.000460. The number of nitrogens with zero attached hydrogens (tertiary/aromatic N) is 1. The highest BCUT2D eigenvalue weighted by Crippen LogP contribution is 2.41. The molecular formula is C20H27F2N3O3. The summed E-state index contributed by atoms with van der Waals surface area (Å²) in [6.45, 7) is 1.26. The van der Waals surface area contributed by atoms with Crippen LogP contribution in [0.1, 0.15) is 51.4 Å². The van der Waals surface area contributed by atoms with Crippen molar-refractivity contribution in [3.8, 4) is 0 Å². The highest BCUT2D eigenvalue weighted by molar-refractivity contribution is 5.87. The van der Waals surface area contributed by atoms with Crippen LogP contribution in [0.15, 0.2) is 22.5 Å². The number of carbonyl (C=O) groups excluding carboxylic acids is 3. The highest BCUT2D eigenvalue weighted by atomic mass is 19.1. The Morgan fingerprint density at radius 3 is 2.50 bits per heavy atom. The molecule has 0 aromatic rings. The van der Waals surface area contributed by atoms with Crippen molar-refractivity contribution in [3.05, 3.63) is 22.5 Å². The molecule has 1 atom stereocenters. The molecule has 0 aromatic heterocycles. The van der Waals surface area contributed by atoms with Gasteiger partial charge in [-0.05, 0) is 32.1 Å². The summed E-state index contributed by atoms with van der Waals surface area (Å²) in [5.41, 5.74) is 1.33. The van der Waals surface area contributed by atoms with Gasteiger partial charge in [-0.15, -0.1) is 0 Å². The van der Waals surface area contributed by atoms with Crippen molar-refractivity contribution < 1.29 is 23.2 Å². The van der Waals surface area contributed by atoms with Crippen LogP contribution in [0.3, 0.4) is 0 Å². The van der Waals surface area contributed by atoms with Gasteiger partial charge in [-0.1, -0.05) is 5.57 Å². The number of likely N-dealkylation sites (tertiary alicyclic amines) is 1. The van der Waals surface area contributed by atoms with Gasteiger partial charge in [0, 0.05) is 50.0 Å². The van der Waals surface area contributed by atoms with Gasteiger partial charge < -0.3 is 15.5 Å². The minimum atomic E-state index is -1.25. The molecule has 2 bridgehead atoms. The molecule has 3 amide bonds. The van der Waals surface area contributed by atoms with E-state index in [1.807, 2.05) is 0 Å². The fraction of sp³-hybridized carbons (Fsp3) is 0.650. The molecule has 4 aliphatic rings. The molecule has 1 aliphatic heterocycles. The summed E-state index contributed by atoms with van der Waals surface area (Å²) in [5, 5.41) is 5.07. The van der Waals surface area contributed by atoms with Crippen LogP contribution in [0.5, 0.6) is 0 Å². The zero-order chi connectivity index (χ0) is 20.1. The number of amides is 3. The monoisotopic (exact) mass is 395 g/mol. The first-order chi connectivity index (χ1) is 13.5. The van der Waals surface area contributed by atoms with Gasteiger partial charge in [0.25, 0.3) is 0 Å². The summed E-state index contributed by atoms with van der Waals surface area (Å²) in [6, 6.07) is 0. The van der Waals surface area contributed by atoms with Gasteiger partial charge in [0.05, 0.1) is 6.54 Å². The molecule has 2 N–H and O–H groups in total. The second-order valence-electron chi connectivity index (χ2n) is 7.59. The third-order valence-electron chi connectivity index (χ3n) is 5.64. The summed E-state index contributed by atoms with van der Waals surface area (Å²) in [5.74, 6) is -1.37. The number of allylic oxidation sites excluding steroid dienone is 2. The molecule has 0 spiro atoms. The Bertz CT molecular complexity index is 711. The largest absolute Gasteiger partial charge is 0.350 e. The quantitative estimate of drug-likeness (QED) is 0.693. The Labute approximate surface area is 163 Å². The fourth-order valence-electron chi connectivity index (χ4n) is 4.03. The second-order valence-corrected chi connectivity index (χ2v) is 7.59. The van der Waals surface area contributed by atoms with E-state index in [-0.39, 0.29) is 49.7 Å². The minimum Gasteiger partial charge on any atom is -0.350 e. The molecule has 1 heterocycles. The third-order valence-corrected chi connectivity index (χ3v) is 5.64. The van der Waals surface area contributed by atoms with Gasteiger partial charge in [0.2, 0.25) is 17.7 Å². The molecule has 6 nitrogen and oxygen atoms in total. The fourth-order valence-corrected chi connectivity index (χ4v) is 4.03. The van der Waals surface area contributed by atoms with Crippen molar-refractivity contribution in [2.75, 3.05) is 26.2 Å². The summed E-state index contributed by atoms with van der Waals surface area (Å²) in [7, 11) is 0. The predicted octanol–water partition coefficient (Wildman–Crippen LogP) is 2.07. The van der Waals surface area contributed by atoms with Crippen molar-refractivity contribution in [3.63, 3.8) is 0 Å². The lowest BCUT2D eigenvalue weighted by molar-refractivity contribution is -0.132. The van der Waals surface area contributed by atoms with Crippen molar-refractivity contribution in [1.82, 2.24) is 15.5 Å². The molecule has 4 rings (SSSR count). The van der Waals surface area contributed by atoms with Gasteiger partial charge in [0.1, 0.15) is 12.0 Å². The SMILES string of the molecule is O=C(CCC(=O)N1CCCC1)NCC(=O)NCC1=C2CCCC(=C1F)C(F)C2. The number of hydrogen-bond acceptors (Lipinski definition) is 3. The van der Waals surface area contributed by atoms with E-state index >= 15 is 0 Å². The van der Waals surface area contributed by atoms with Crippen LogP contribution in [0, 0.1) is 0 Å². The van der Waals surface area contributed by atoms with Crippen LogP contribution in [0.25, 0.3) is 0 Å². The van der Waals surface area contributed by atoms with E-state index in [9.17, 15) is 23.2 Å². The average molecular weight is 395 g/mol. The van der Waals surface area contributed by atoms with Gasteiger partial charge in [0.15, 0.2) is 0 Å². The Hall–Kier alpha value is -2.25. The number of rotatable bonds is 7. The van der Waals surface area contributed by atoms with Crippen molar-refractivity contribution in [1.29, 1.82) is 0 Å². The first kappa shape index (κ1) is 20.5. The maximum absolute atomic E-state index is 14.4. The van der Waals surface area contributed by atoms with Crippen molar-refractivity contribution in [2.24, 2.45) is 0 Å². The van der Waals surface area contributed by atoms with Crippen LogP contribution < -0.4 is 10.6 Å². The molecule has 0 aromatic carbocycles. The van der Waals surface area contributed by atoms with Gasteiger partial charge >= 0.3 is 0 Å². The van der Waals surface area contributed by atoms with E-state index in [1.54, 1.807) is 4.90 Å². The zero-order valence-electron chi connectivity index (χ0n) is 16.0. The van der Waals surface area contributed by atoms with E-state index < -0.39 is 17.9 Å². The highest BCUT2D eigenvalue weighted by Gasteiger charge is 2.32. The van der Waals surface area contributed by atoms with Crippen LogP contribution in [-0.4, -0.2) is 55.0 Å².